The van der Waals surface area contributed by atoms with Gasteiger partial charge in [0.2, 0.25) is 0 Å². The normalized spacial score (nSPS) is 14.8. The van der Waals surface area contributed by atoms with Crippen LogP contribution in [-0.4, -0.2) is 12.5 Å². The van der Waals surface area contributed by atoms with Crippen LogP contribution in [0.3, 0.4) is 0 Å². The summed E-state index contributed by atoms with van der Waals surface area (Å²) >= 11 is 0. The maximum atomic E-state index is 11.7. The monoisotopic (exact) mass is 219 g/mol. The molecule has 1 amide bonds. The Balaban J connectivity index is 1.91. The van der Waals surface area contributed by atoms with Gasteiger partial charge in [0.1, 0.15) is 0 Å². The Hall–Kier alpha value is -1.71. The number of carbonyl (C=O) groups excluding carboxylic acids is 1. The largest absolute Gasteiger partial charge is 0.399 e. The third kappa shape index (κ3) is 2.66. The molecule has 5 N–H and O–H groups in total. The third-order valence-electron chi connectivity index (χ3n) is 2.86. The van der Waals surface area contributed by atoms with Crippen LogP contribution in [0.15, 0.2) is 18.2 Å². The van der Waals surface area contributed by atoms with E-state index in [2.05, 4.69) is 5.32 Å². The number of hydrogen-bond acceptors (Lipinski definition) is 3. The Morgan fingerprint density at radius 3 is 2.75 bits per heavy atom. The van der Waals surface area contributed by atoms with Gasteiger partial charge in [0.05, 0.1) is 5.56 Å². The van der Waals surface area contributed by atoms with Crippen molar-refractivity contribution in [3.63, 3.8) is 0 Å². The molecular formula is C12H17N3O. The van der Waals surface area contributed by atoms with Gasteiger partial charge in [-0.3, -0.25) is 4.79 Å². The van der Waals surface area contributed by atoms with E-state index in [0.29, 0.717) is 16.9 Å². The van der Waals surface area contributed by atoms with E-state index in [9.17, 15) is 4.79 Å². The first-order chi connectivity index (χ1) is 7.66. The van der Waals surface area contributed by atoms with Crippen molar-refractivity contribution in [2.75, 3.05) is 18.0 Å². The molecule has 0 aromatic heterocycles. The van der Waals surface area contributed by atoms with Crippen molar-refractivity contribution in [2.45, 2.75) is 19.3 Å². The van der Waals surface area contributed by atoms with Crippen LogP contribution in [-0.2, 0) is 0 Å². The molecule has 4 heteroatoms. The van der Waals surface area contributed by atoms with Crippen molar-refractivity contribution in [3.05, 3.63) is 23.8 Å². The smallest absolute Gasteiger partial charge is 0.253 e. The summed E-state index contributed by atoms with van der Waals surface area (Å²) in [7, 11) is 0. The first kappa shape index (κ1) is 10.8. The lowest BCUT2D eigenvalue weighted by atomic mass is 10.1. The maximum absolute atomic E-state index is 11.7. The number of nitrogens with one attached hydrogen (secondary N) is 1. The Bertz CT molecular complexity index is 399. The van der Waals surface area contributed by atoms with Crippen LogP contribution in [0.2, 0.25) is 0 Å². The minimum absolute atomic E-state index is 0.113. The van der Waals surface area contributed by atoms with Crippen molar-refractivity contribution in [1.82, 2.24) is 5.32 Å². The van der Waals surface area contributed by atoms with Crippen LogP contribution in [0.5, 0.6) is 0 Å². The highest BCUT2D eigenvalue weighted by atomic mass is 16.1. The topological polar surface area (TPSA) is 81.1 Å². The number of amides is 1. The summed E-state index contributed by atoms with van der Waals surface area (Å²) in [5.41, 5.74) is 12.8. The summed E-state index contributed by atoms with van der Waals surface area (Å²) in [6.07, 6.45) is 3.68. The molecular weight excluding hydrogens is 202 g/mol. The lowest BCUT2D eigenvalue weighted by Crippen LogP contribution is -2.25. The van der Waals surface area contributed by atoms with Gasteiger partial charge in [-0.2, -0.15) is 0 Å². The highest BCUT2D eigenvalue weighted by molar-refractivity contribution is 5.99. The molecule has 16 heavy (non-hydrogen) atoms. The van der Waals surface area contributed by atoms with Crippen LogP contribution in [0.4, 0.5) is 11.4 Å². The quantitative estimate of drug-likeness (QED) is 0.669. The number of anilines is 2. The van der Waals surface area contributed by atoms with Gasteiger partial charge in [0.25, 0.3) is 5.91 Å². The number of nitrogens with two attached hydrogens (primary N) is 2. The molecule has 1 saturated carbocycles. The lowest BCUT2D eigenvalue weighted by molar-refractivity contribution is 0.0953. The molecule has 0 bridgehead atoms. The van der Waals surface area contributed by atoms with E-state index in [1.807, 2.05) is 0 Å². The number of nitrogen functional groups attached to an aromatic ring is 2. The molecule has 0 aliphatic heterocycles. The molecule has 1 aromatic carbocycles. The summed E-state index contributed by atoms with van der Waals surface area (Å²) in [6, 6.07) is 4.96. The molecule has 1 aromatic rings. The average Bonchev–Trinajstić information content (AvgIpc) is 3.01. The van der Waals surface area contributed by atoms with Gasteiger partial charge >= 0.3 is 0 Å². The predicted octanol–water partition coefficient (Wildman–Crippen LogP) is 1.38. The van der Waals surface area contributed by atoms with E-state index in [1.54, 1.807) is 18.2 Å². The van der Waals surface area contributed by atoms with Gasteiger partial charge in [0.15, 0.2) is 0 Å². The van der Waals surface area contributed by atoms with Crippen LogP contribution in [0, 0.1) is 5.92 Å². The molecule has 2 rings (SSSR count). The summed E-state index contributed by atoms with van der Waals surface area (Å²) < 4.78 is 0. The van der Waals surface area contributed by atoms with E-state index >= 15 is 0 Å². The average molecular weight is 219 g/mol. The molecule has 86 valence electrons. The maximum Gasteiger partial charge on any atom is 0.253 e. The second kappa shape index (κ2) is 4.43. The van der Waals surface area contributed by atoms with E-state index < -0.39 is 0 Å². The van der Waals surface area contributed by atoms with Gasteiger partial charge in [-0.1, -0.05) is 12.8 Å². The predicted molar refractivity (Wildman–Crippen MR) is 64.9 cm³/mol. The molecule has 0 saturated heterocycles. The van der Waals surface area contributed by atoms with Crippen molar-refractivity contribution < 1.29 is 4.79 Å². The van der Waals surface area contributed by atoms with Crippen LogP contribution >= 0.6 is 0 Å². The van der Waals surface area contributed by atoms with Gasteiger partial charge in [-0.05, 0) is 30.5 Å². The van der Waals surface area contributed by atoms with Gasteiger partial charge in [-0.25, -0.2) is 0 Å². The first-order valence-electron chi connectivity index (χ1n) is 5.60. The van der Waals surface area contributed by atoms with E-state index in [0.717, 1.165) is 18.9 Å². The zero-order valence-corrected chi connectivity index (χ0v) is 9.20. The molecule has 0 atom stereocenters. The fourth-order valence-corrected chi connectivity index (χ4v) is 1.68. The molecule has 1 aliphatic rings. The lowest BCUT2D eigenvalue weighted by Gasteiger charge is -2.07. The minimum atomic E-state index is -0.113. The highest BCUT2D eigenvalue weighted by Crippen LogP contribution is 2.31. The molecule has 0 spiro atoms. The Morgan fingerprint density at radius 1 is 1.38 bits per heavy atom. The molecule has 4 nitrogen and oxygen atoms in total. The SMILES string of the molecule is Nc1ccc(C(=O)NCCC2CC2)c(N)c1. The highest BCUT2D eigenvalue weighted by Gasteiger charge is 2.20. The summed E-state index contributed by atoms with van der Waals surface area (Å²) in [6.45, 7) is 0.729. The second-order valence-corrected chi connectivity index (χ2v) is 4.33. The van der Waals surface area contributed by atoms with E-state index in [4.69, 9.17) is 11.5 Å². The Labute approximate surface area is 95.0 Å². The van der Waals surface area contributed by atoms with Gasteiger partial charge in [0, 0.05) is 17.9 Å². The van der Waals surface area contributed by atoms with Gasteiger partial charge < -0.3 is 16.8 Å². The number of carbonyl (C=O) groups is 1. The van der Waals surface area contributed by atoms with Crippen LogP contribution in [0.25, 0.3) is 0 Å². The Kier molecular flexibility index (Phi) is 2.99. The first-order valence-corrected chi connectivity index (χ1v) is 5.60. The molecule has 0 radical (unpaired) electrons. The molecule has 0 unspecified atom stereocenters. The van der Waals surface area contributed by atoms with Crippen molar-refractivity contribution >= 4 is 17.3 Å². The summed E-state index contributed by atoms with van der Waals surface area (Å²) in [4.78, 5) is 11.7. The summed E-state index contributed by atoms with van der Waals surface area (Å²) in [5, 5.41) is 2.87. The fourth-order valence-electron chi connectivity index (χ4n) is 1.68. The minimum Gasteiger partial charge on any atom is -0.399 e. The standard InChI is InChI=1S/C12H17N3O/c13-9-3-4-10(11(14)7-9)12(16)15-6-5-8-1-2-8/h3-4,7-8H,1-2,5-6,13-14H2,(H,15,16). The second-order valence-electron chi connectivity index (χ2n) is 4.33. The Morgan fingerprint density at radius 2 is 2.12 bits per heavy atom. The molecule has 1 aliphatic carbocycles. The van der Waals surface area contributed by atoms with Gasteiger partial charge in [-0.15, -0.1) is 0 Å². The zero-order chi connectivity index (χ0) is 11.5. The number of hydrogen-bond donors (Lipinski definition) is 3. The van der Waals surface area contributed by atoms with Crippen LogP contribution in [0.1, 0.15) is 29.6 Å². The molecule has 0 heterocycles. The zero-order valence-electron chi connectivity index (χ0n) is 9.20. The van der Waals surface area contributed by atoms with E-state index in [-0.39, 0.29) is 5.91 Å². The van der Waals surface area contributed by atoms with Crippen molar-refractivity contribution in [1.29, 1.82) is 0 Å². The van der Waals surface area contributed by atoms with E-state index in [1.165, 1.54) is 12.8 Å². The van der Waals surface area contributed by atoms with Crippen LogP contribution < -0.4 is 16.8 Å². The van der Waals surface area contributed by atoms with Crippen molar-refractivity contribution in [3.8, 4) is 0 Å². The molecule has 1 fully saturated rings. The fraction of sp³-hybridized carbons (Fsp3) is 0.417. The van der Waals surface area contributed by atoms with Crippen molar-refractivity contribution in [2.24, 2.45) is 5.92 Å². The number of rotatable bonds is 4. The number of benzene rings is 1. The third-order valence-corrected chi connectivity index (χ3v) is 2.86. The summed E-state index contributed by atoms with van der Waals surface area (Å²) in [5.74, 6) is 0.710.